The summed E-state index contributed by atoms with van der Waals surface area (Å²) in [5, 5.41) is 12.2. The van der Waals surface area contributed by atoms with Gasteiger partial charge < -0.3 is 14.8 Å². The maximum atomic E-state index is 13.6. The smallest absolute Gasteiger partial charge is 0.282 e. The molecule has 1 aliphatic rings. The highest BCUT2D eigenvalue weighted by Crippen LogP contribution is 2.34. The Bertz CT molecular complexity index is 1300. The van der Waals surface area contributed by atoms with Crippen molar-refractivity contribution in [2.24, 2.45) is 0 Å². The zero-order valence-corrected chi connectivity index (χ0v) is 19.7. The quantitative estimate of drug-likeness (QED) is 0.461. The minimum absolute atomic E-state index is 0.0125. The third-order valence-electron chi connectivity index (χ3n) is 5.29. The van der Waals surface area contributed by atoms with Gasteiger partial charge in [0.2, 0.25) is 0 Å². The molecule has 35 heavy (non-hydrogen) atoms. The third-order valence-corrected chi connectivity index (χ3v) is 5.29. The highest BCUT2D eigenvalue weighted by Gasteiger charge is 2.40. The van der Waals surface area contributed by atoms with Crippen molar-refractivity contribution in [2.45, 2.75) is 26.9 Å². The van der Waals surface area contributed by atoms with Crippen molar-refractivity contribution in [2.75, 3.05) is 16.8 Å². The maximum absolute atomic E-state index is 13.6. The standard InChI is InChI=1S/C28H25N3O4/c1-4-34-23-15-9-21(10-16-23)30-26-25(20-7-13-24(14-8-20)35-18(2)3)27(32)31(28(26)33)22-11-5-19(17-29)6-12-22/h5-16,18,30H,4H2,1-3H3. The zero-order chi connectivity index (χ0) is 24.9. The van der Waals surface area contributed by atoms with Gasteiger partial charge in [-0.25, -0.2) is 4.90 Å². The maximum Gasteiger partial charge on any atom is 0.282 e. The van der Waals surface area contributed by atoms with E-state index in [4.69, 9.17) is 14.7 Å². The summed E-state index contributed by atoms with van der Waals surface area (Å²) in [6, 6.07) is 22.6. The van der Waals surface area contributed by atoms with Crippen molar-refractivity contribution in [3.05, 3.63) is 89.6 Å². The van der Waals surface area contributed by atoms with Gasteiger partial charge in [0.15, 0.2) is 0 Å². The minimum Gasteiger partial charge on any atom is -0.494 e. The number of nitrogens with one attached hydrogen (secondary N) is 1. The minimum atomic E-state index is -0.480. The van der Waals surface area contributed by atoms with Gasteiger partial charge in [0, 0.05) is 5.69 Å². The molecule has 0 spiro atoms. The summed E-state index contributed by atoms with van der Waals surface area (Å²) in [6.07, 6.45) is 0.0125. The summed E-state index contributed by atoms with van der Waals surface area (Å²) in [5.41, 5.74) is 2.48. The van der Waals surface area contributed by atoms with Crippen molar-refractivity contribution in [3.8, 4) is 17.6 Å². The lowest BCUT2D eigenvalue weighted by Gasteiger charge is -2.15. The Balaban J connectivity index is 1.73. The van der Waals surface area contributed by atoms with Gasteiger partial charge in [-0.3, -0.25) is 9.59 Å². The van der Waals surface area contributed by atoms with Crippen LogP contribution in [0.5, 0.6) is 11.5 Å². The number of hydrogen-bond donors (Lipinski definition) is 1. The van der Waals surface area contributed by atoms with Gasteiger partial charge in [0.05, 0.1) is 35.6 Å². The van der Waals surface area contributed by atoms with Crippen LogP contribution in [0.15, 0.2) is 78.5 Å². The number of nitrogens with zero attached hydrogens (tertiary/aromatic N) is 2. The van der Waals surface area contributed by atoms with E-state index in [1.807, 2.05) is 26.8 Å². The number of benzene rings is 3. The lowest BCUT2D eigenvalue weighted by Crippen LogP contribution is -2.32. The van der Waals surface area contributed by atoms with Gasteiger partial charge in [-0.05, 0) is 87.0 Å². The number of nitriles is 1. The predicted molar refractivity (Wildman–Crippen MR) is 134 cm³/mol. The van der Waals surface area contributed by atoms with Crippen LogP contribution < -0.4 is 19.7 Å². The molecule has 0 atom stereocenters. The van der Waals surface area contributed by atoms with E-state index in [0.29, 0.717) is 40.6 Å². The summed E-state index contributed by atoms with van der Waals surface area (Å²) in [5.74, 6) is 0.448. The molecular weight excluding hydrogens is 442 g/mol. The molecule has 4 rings (SSSR count). The first-order chi connectivity index (χ1) is 16.9. The summed E-state index contributed by atoms with van der Waals surface area (Å²) in [4.78, 5) is 28.2. The molecule has 0 aromatic heterocycles. The molecule has 0 saturated carbocycles. The molecule has 0 radical (unpaired) electrons. The first-order valence-electron chi connectivity index (χ1n) is 11.3. The number of imide groups is 1. The van der Waals surface area contributed by atoms with Crippen LogP contribution in [0.25, 0.3) is 5.57 Å². The molecule has 7 heteroatoms. The van der Waals surface area contributed by atoms with E-state index in [0.717, 1.165) is 4.90 Å². The SMILES string of the molecule is CCOc1ccc(NC2=C(c3ccc(OC(C)C)cc3)C(=O)N(c3ccc(C#N)cc3)C2=O)cc1. The Morgan fingerprint density at radius 3 is 2.09 bits per heavy atom. The van der Waals surface area contributed by atoms with E-state index >= 15 is 0 Å². The van der Waals surface area contributed by atoms with Crippen LogP contribution in [0.2, 0.25) is 0 Å². The average Bonchev–Trinajstić information content (AvgIpc) is 3.10. The second kappa shape index (κ2) is 10.1. The molecule has 1 heterocycles. The lowest BCUT2D eigenvalue weighted by atomic mass is 10.0. The molecule has 0 aliphatic carbocycles. The van der Waals surface area contributed by atoms with Crippen LogP contribution in [0, 0.1) is 11.3 Å². The monoisotopic (exact) mass is 467 g/mol. The van der Waals surface area contributed by atoms with Crippen LogP contribution >= 0.6 is 0 Å². The molecule has 1 N–H and O–H groups in total. The molecule has 7 nitrogen and oxygen atoms in total. The molecule has 3 aromatic rings. The number of hydrogen-bond acceptors (Lipinski definition) is 6. The Hall–Kier alpha value is -4.57. The van der Waals surface area contributed by atoms with E-state index in [1.54, 1.807) is 72.8 Å². The third kappa shape index (κ3) is 5.02. The van der Waals surface area contributed by atoms with Crippen molar-refractivity contribution in [1.82, 2.24) is 0 Å². The summed E-state index contributed by atoms with van der Waals surface area (Å²) < 4.78 is 11.2. The number of carbonyl (C=O) groups is 2. The van der Waals surface area contributed by atoms with E-state index < -0.39 is 11.8 Å². The number of carbonyl (C=O) groups excluding carboxylic acids is 2. The number of ether oxygens (including phenoxy) is 2. The fraction of sp³-hybridized carbons (Fsp3) is 0.179. The molecule has 3 aromatic carbocycles. The molecular formula is C28H25N3O4. The molecule has 1 aliphatic heterocycles. The van der Waals surface area contributed by atoms with Gasteiger partial charge in [0.25, 0.3) is 11.8 Å². The Kier molecular flexibility index (Phi) is 6.83. The molecule has 176 valence electrons. The highest BCUT2D eigenvalue weighted by atomic mass is 16.5. The molecule has 0 bridgehead atoms. The van der Waals surface area contributed by atoms with Crippen LogP contribution in [0.1, 0.15) is 31.9 Å². The van der Waals surface area contributed by atoms with Gasteiger partial charge in [-0.2, -0.15) is 5.26 Å². The van der Waals surface area contributed by atoms with E-state index in [-0.39, 0.29) is 17.4 Å². The van der Waals surface area contributed by atoms with Crippen LogP contribution in [0.4, 0.5) is 11.4 Å². The molecule has 0 fully saturated rings. The Morgan fingerprint density at radius 2 is 1.51 bits per heavy atom. The van der Waals surface area contributed by atoms with Crippen molar-refractivity contribution in [3.63, 3.8) is 0 Å². The highest BCUT2D eigenvalue weighted by molar-refractivity contribution is 6.46. The van der Waals surface area contributed by atoms with Crippen LogP contribution in [-0.2, 0) is 9.59 Å². The van der Waals surface area contributed by atoms with Gasteiger partial charge in [-0.1, -0.05) is 12.1 Å². The second-order valence-corrected chi connectivity index (χ2v) is 8.13. The Labute approximate surface area is 204 Å². The van der Waals surface area contributed by atoms with E-state index in [9.17, 15) is 9.59 Å². The predicted octanol–water partition coefficient (Wildman–Crippen LogP) is 5.14. The van der Waals surface area contributed by atoms with Crippen LogP contribution in [-0.4, -0.2) is 24.5 Å². The fourth-order valence-electron chi connectivity index (χ4n) is 3.75. The van der Waals surface area contributed by atoms with Gasteiger partial charge in [-0.15, -0.1) is 0 Å². The first-order valence-corrected chi connectivity index (χ1v) is 11.3. The van der Waals surface area contributed by atoms with Gasteiger partial charge >= 0.3 is 0 Å². The zero-order valence-electron chi connectivity index (χ0n) is 19.7. The second-order valence-electron chi connectivity index (χ2n) is 8.13. The lowest BCUT2D eigenvalue weighted by molar-refractivity contribution is -0.120. The van der Waals surface area contributed by atoms with Crippen molar-refractivity contribution < 1.29 is 19.1 Å². The normalized spacial score (nSPS) is 13.3. The Morgan fingerprint density at radius 1 is 0.886 bits per heavy atom. The van der Waals surface area contributed by atoms with E-state index in [2.05, 4.69) is 5.32 Å². The summed E-state index contributed by atoms with van der Waals surface area (Å²) in [6.45, 7) is 6.32. The van der Waals surface area contributed by atoms with Crippen LogP contribution in [0.3, 0.4) is 0 Å². The summed E-state index contributed by atoms with van der Waals surface area (Å²) >= 11 is 0. The largest absolute Gasteiger partial charge is 0.494 e. The molecule has 0 unspecified atom stereocenters. The van der Waals surface area contributed by atoms with E-state index in [1.165, 1.54) is 0 Å². The van der Waals surface area contributed by atoms with Crippen molar-refractivity contribution in [1.29, 1.82) is 5.26 Å². The number of amides is 2. The molecule has 2 amide bonds. The number of anilines is 2. The van der Waals surface area contributed by atoms with Crippen molar-refractivity contribution >= 4 is 28.8 Å². The fourth-order valence-corrected chi connectivity index (χ4v) is 3.75. The van der Waals surface area contributed by atoms with Gasteiger partial charge in [0.1, 0.15) is 17.2 Å². The molecule has 0 saturated heterocycles. The number of rotatable bonds is 8. The first kappa shape index (κ1) is 23.6. The topological polar surface area (TPSA) is 91.7 Å². The average molecular weight is 468 g/mol. The summed E-state index contributed by atoms with van der Waals surface area (Å²) in [7, 11) is 0.